The summed E-state index contributed by atoms with van der Waals surface area (Å²) in [5, 5.41) is 8.77. The lowest BCUT2D eigenvalue weighted by molar-refractivity contribution is -0.162. The molecule has 1 amide bonds. The van der Waals surface area contributed by atoms with Gasteiger partial charge in [-0.3, -0.25) is 9.59 Å². The molecule has 0 saturated carbocycles. The lowest BCUT2D eigenvalue weighted by Gasteiger charge is -2.38. The fourth-order valence-corrected chi connectivity index (χ4v) is 2.70. The monoisotopic (exact) mass is 271 g/mol. The number of nitrogens with zero attached hydrogens (tertiary/aromatic N) is 1. The van der Waals surface area contributed by atoms with Crippen molar-refractivity contribution in [2.45, 2.75) is 44.2 Å². The smallest absolute Gasteiger partial charge is 0.303 e. The van der Waals surface area contributed by atoms with Crippen LogP contribution in [-0.4, -0.2) is 60.4 Å². The molecule has 0 aromatic heterocycles. The first-order valence-electron chi connectivity index (χ1n) is 6.90. The molecule has 2 rings (SSSR count). The number of carboxylic acids is 1. The van der Waals surface area contributed by atoms with Gasteiger partial charge in [-0.15, -0.1) is 0 Å². The summed E-state index contributed by atoms with van der Waals surface area (Å²) >= 11 is 0. The first-order chi connectivity index (χ1) is 9.18. The maximum absolute atomic E-state index is 12.4. The van der Waals surface area contributed by atoms with Crippen LogP contribution < -0.4 is 0 Å². The van der Waals surface area contributed by atoms with E-state index >= 15 is 0 Å². The van der Waals surface area contributed by atoms with Gasteiger partial charge in [0.25, 0.3) is 5.91 Å². The van der Waals surface area contributed by atoms with Crippen molar-refractivity contribution in [3.63, 3.8) is 0 Å². The molecule has 19 heavy (non-hydrogen) atoms. The Morgan fingerprint density at radius 3 is 2.79 bits per heavy atom. The topological polar surface area (TPSA) is 76.1 Å². The van der Waals surface area contributed by atoms with E-state index in [0.717, 1.165) is 19.3 Å². The number of piperidine rings is 1. The summed E-state index contributed by atoms with van der Waals surface area (Å²) in [7, 11) is 0. The zero-order valence-corrected chi connectivity index (χ0v) is 11.0. The van der Waals surface area contributed by atoms with Crippen LogP contribution in [0.4, 0.5) is 0 Å². The first kappa shape index (κ1) is 14.3. The average molecular weight is 271 g/mol. The van der Waals surface area contributed by atoms with Crippen LogP contribution >= 0.6 is 0 Å². The van der Waals surface area contributed by atoms with Gasteiger partial charge in [0.15, 0.2) is 6.10 Å². The Hall–Kier alpha value is -1.14. The Labute approximate surface area is 112 Å². The molecule has 0 radical (unpaired) electrons. The molecular formula is C13H21NO5. The van der Waals surface area contributed by atoms with Gasteiger partial charge in [0, 0.05) is 19.0 Å². The maximum Gasteiger partial charge on any atom is 0.303 e. The number of hydrogen-bond donors (Lipinski definition) is 1. The normalized spacial score (nSPS) is 28.1. The summed E-state index contributed by atoms with van der Waals surface area (Å²) in [6.45, 7) is 1.99. The van der Waals surface area contributed by atoms with E-state index < -0.39 is 12.1 Å². The Bertz CT molecular complexity index is 327. The molecule has 0 aliphatic carbocycles. The SMILES string of the molecule is O=C(O)CC[C@H]1CCCCN1C(=O)[C@@H]1COCCO1. The van der Waals surface area contributed by atoms with Crippen LogP contribution in [0, 0.1) is 0 Å². The van der Waals surface area contributed by atoms with Gasteiger partial charge in [-0.25, -0.2) is 0 Å². The van der Waals surface area contributed by atoms with Gasteiger partial charge in [-0.05, 0) is 25.7 Å². The van der Waals surface area contributed by atoms with Crippen LogP contribution in [-0.2, 0) is 19.1 Å². The number of rotatable bonds is 4. The second-order valence-electron chi connectivity index (χ2n) is 5.05. The van der Waals surface area contributed by atoms with Gasteiger partial charge >= 0.3 is 5.97 Å². The quantitative estimate of drug-likeness (QED) is 0.812. The fraction of sp³-hybridized carbons (Fsp3) is 0.846. The van der Waals surface area contributed by atoms with Crippen molar-refractivity contribution in [1.82, 2.24) is 4.90 Å². The molecule has 2 aliphatic rings. The third-order valence-electron chi connectivity index (χ3n) is 3.69. The molecule has 6 heteroatoms. The number of aliphatic carboxylic acids is 1. The van der Waals surface area contributed by atoms with E-state index in [4.69, 9.17) is 14.6 Å². The molecule has 2 heterocycles. The van der Waals surface area contributed by atoms with Crippen molar-refractivity contribution in [2.24, 2.45) is 0 Å². The highest BCUT2D eigenvalue weighted by Crippen LogP contribution is 2.22. The van der Waals surface area contributed by atoms with Crippen molar-refractivity contribution < 1.29 is 24.2 Å². The minimum Gasteiger partial charge on any atom is -0.481 e. The van der Waals surface area contributed by atoms with Crippen LogP contribution in [0.1, 0.15) is 32.1 Å². The molecule has 0 aromatic rings. The van der Waals surface area contributed by atoms with Crippen LogP contribution in [0.3, 0.4) is 0 Å². The zero-order chi connectivity index (χ0) is 13.7. The highest BCUT2D eigenvalue weighted by Gasteiger charge is 2.33. The van der Waals surface area contributed by atoms with Crippen LogP contribution in [0.25, 0.3) is 0 Å². The van der Waals surface area contributed by atoms with Crippen LogP contribution in [0.15, 0.2) is 0 Å². The molecule has 6 nitrogen and oxygen atoms in total. The van der Waals surface area contributed by atoms with E-state index in [1.165, 1.54) is 0 Å². The number of ether oxygens (including phenoxy) is 2. The van der Waals surface area contributed by atoms with Gasteiger partial charge in [-0.1, -0.05) is 0 Å². The van der Waals surface area contributed by atoms with Gasteiger partial charge in [0.05, 0.1) is 19.8 Å². The number of amides is 1. The Morgan fingerprint density at radius 2 is 2.11 bits per heavy atom. The summed E-state index contributed by atoms with van der Waals surface area (Å²) in [4.78, 5) is 24.9. The van der Waals surface area contributed by atoms with Crippen LogP contribution in [0.5, 0.6) is 0 Å². The third kappa shape index (κ3) is 3.91. The predicted molar refractivity (Wildman–Crippen MR) is 66.8 cm³/mol. The van der Waals surface area contributed by atoms with Crippen molar-refractivity contribution >= 4 is 11.9 Å². The molecule has 0 spiro atoms. The molecule has 0 bridgehead atoms. The Kier molecular flexibility index (Phi) is 5.15. The van der Waals surface area contributed by atoms with E-state index in [1.807, 2.05) is 0 Å². The molecule has 1 N–H and O–H groups in total. The summed E-state index contributed by atoms with van der Waals surface area (Å²) in [6.07, 6.45) is 3.02. The van der Waals surface area contributed by atoms with Crippen molar-refractivity contribution in [3.8, 4) is 0 Å². The summed E-state index contributed by atoms with van der Waals surface area (Å²) in [5.41, 5.74) is 0. The minimum atomic E-state index is -0.810. The van der Waals surface area contributed by atoms with Crippen LogP contribution in [0.2, 0.25) is 0 Å². The molecule has 2 saturated heterocycles. The molecule has 108 valence electrons. The van der Waals surface area contributed by atoms with Crippen molar-refractivity contribution in [2.75, 3.05) is 26.4 Å². The number of carbonyl (C=O) groups excluding carboxylic acids is 1. The molecule has 2 aliphatic heterocycles. The Balaban J connectivity index is 1.93. The highest BCUT2D eigenvalue weighted by molar-refractivity contribution is 5.81. The number of likely N-dealkylation sites (tertiary alicyclic amines) is 1. The summed E-state index contributed by atoms with van der Waals surface area (Å²) < 4.78 is 10.7. The molecule has 0 aromatic carbocycles. The van der Waals surface area contributed by atoms with Gasteiger partial charge in [-0.2, -0.15) is 0 Å². The van der Waals surface area contributed by atoms with E-state index in [9.17, 15) is 9.59 Å². The molecule has 2 fully saturated rings. The maximum atomic E-state index is 12.4. The molecule has 2 atom stereocenters. The van der Waals surface area contributed by atoms with Gasteiger partial charge < -0.3 is 19.5 Å². The van der Waals surface area contributed by atoms with Gasteiger partial charge in [0.2, 0.25) is 0 Å². The lowest BCUT2D eigenvalue weighted by Crippen LogP contribution is -2.51. The third-order valence-corrected chi connectivity index (χ3v) is 3.69. The van der Waals surface area contributed by atoms with E-state index in [2.05, 4.69) is 0 Å². The summed E-state index contributed by atoms with van der Waals surface area (Å²) in [5.74, 6) is -0.856. The van der Waals surface area contributed by atoms with E-state index in [0.29, 0.717) is 32.8 Å². The lowest BCUT2D eigenvalue weighted by atomic mass is 9.97. The average Bonchev–Trinajstić information content (AvgIpc) is 2.45. The second kappa shape index (κ2) is 6.86. The zero-order valence-electron chi connectivity index (χ0n) is 11.0. The Morgan fingerprint density at radius 1 is 1.26 bits per heavy atom. The standard InChI is InChI=1S/C13H21NO5/c15-12(16)5-4-10-3-1-2-6-14(10)13(17)11-9-18-7-8-19-11/h10-11H,1-9H2,(H,15,16)/t10-,11+/m1/s1. The largest absolute Gasteiger partial charge is 0.481 e. The van der Waals surface area contributed by atoms with E-state index in [1.54, 1.807) is 4.90 Å². The van der Waals surface area contributed by atoms with E-state index in [-0.39, 0.29) is 18.4 Å². The highest BCUT2D eigenvalue weighted by atomic mass is 16.6. The fourth-order valence-electron chi connectivity index (χ4n) is 2.70. The molecule has 0 unspecified atom stereocenters. The summed E-state index contributed by atoms with van der Waals surface area (Å²) in [6, 6.07) is 0.0304. The minimum absolute atomic E-state index is 0.0304. The number of carbonyl (C=O) groups is 2. The first-order valence-corrected chi connectivity index (χ1v) is 6.90. The van der Waals surface area contributed by atoms with Crippen molar-refractivity contribution in [3.05, 3.63) is 0 Å². The van der Waals surface area contributed by atoms with Gasteiger partial charge in [0.1, 0.15) is 0 Å². The number of hydrogen-bond acceptors (Lipinski definition) is 4. The van der Waals surface area contributed by atoms with Crippen molar-refractivity contribution in [1.29, 1.82) is 0 Å². The predicted octanol–water partition coefficient (Wildman–Crippen LogP) is 0.648. The molecular weight excluding hydrogens is 250 g/mol. The number of carboxylic acid groups (broad SMARTS) is 1. The second-order valence-corrected chi connectivity index (χ2v) is 5.05.